The van der Waals surface area contributed by atoms with Gasteiger partial charge in [-0.25, -0.2) is 0 Å². The van der Waals surface area contributed by atoms with E-state index in [1.807, 2.05) is 18.2 Å². The van der Waals surface area contributed by atoms with Gasteiger partial charge in [0.15, 0.2) is 0 Å². The highest BCUT2D eigenvalue weighted by Crippen LogP contribution is 2.41. The molecule has 2 unspecified atom stereocenters. The summed E-state index contributed by atoms with van der Waals surface area (Å²) in [7, 11) is 1.37. The minimum Gasteiger partial charge on any atom is -0.469 e. The molecule has 7 N–H and O–H groups in total. The molecule has 0 spiro atoms. The summed E-state index contributed by atoms with van der Waals surface area (Å²) in [6, 6.07) is 9.34. The van der Waals surface area contributed by atoms with Crippen molar-refractivity contribution >= 4 is 34.8 Å². The molecule has 1 heterocycles. The number of aromatic amines is 1. The molecule has 0 bridgehead atoms. The van der Waals surface area contributed by atoms with Crippen LogP contribution < -0.4 is 22.1 Å². The lowest BCUT2D eigenvalue weighted by Gasteiger charge is -2.32. The number of rotatable bonds is 14. The molecule has 296 valence electrons. The third kappa shape index (κ3) is 9.64. The quantitative estimate of drug-likeness (QED) is 0.107. The highest BCUT2D eigenvalue weighted by molar-refractivity contribution is 5.99. The largest absolute Gasteiger partial charge is 0.469 e. The Bertz CT molecular complexity index is 1840. The fourth-order valence-corrected chi connectivity index (χ4v) is 7.80. The first-order valence-corrected chi connectivity index (χ1v) is 19.7. The maximum Gasteiger partial charge on any atom is 0.313 e. The van der Waals surface area contributed by atoms with E-state index in [-0.39, 0.29) is 46.9 Å². The first kappa shape index (κ1) is 42.8. The summed E-state index contributed by atoms with van der Waals surface area (Å²) in [5.74, 6) is -0.823. The van der Waals surface area contributed by atoms with Crippen LogP contribution in [0.25, 0.3) is 17.0 Å². The fourth-order valence-electron chi connectivity index (χ4n) is 7.80. The van der Waals surface area contributed by atoms with E-state index in [1.165, 1.54) is 18.2 Å². The van der Waals surface area contributed by atoms with E-state index < -0.39 is 17.4 Å². The molecule has 1 aliphatic rings. The van der Waals surface area contributed by atoms with Gasteiger partial charge in [-0.3, -0.25) is 14.4 Å². The fraction of sp³-hybridized carbons (Fsp3) is 0.578. The molecule has 2 amide bonds. The van der Waals surface area contributed by atoms with Gasteiger partial charge in [0, 0.05) is 40.5 Å². The van der Waals surface area contributed by atoms with Gasteiger partial charge in [0.05, 0.1) is 12.5 Å². The molecule has 54 heavy (non-hydrogen) atoms. The second-order valence-corrected chi connectivity index (χ2v) is 18.6. The van der Waals surface area contributed by atoms with Crippen molar-refractivity contribution in [2.45, 2.75) is 136 Å². The Morgan fingerprint density at radius 2 is 1.56 bits per heavy atom. The van der Waals surface area contributed by atoms with Crippen LogP contribution in [0.15, 0.2) is 36.4 Å². The average Bonchev–Trinajstić information content (AvgIpc) is 3.48. The average molecular weight is 742 g/mol. The maximum absolute atomic E-state index is 14.6. The number of methoxy groups -OCH3 is 1. The Morgan fingerprint density at radius 1 is 0.907 bits per heavy atom. The predicted molar refractivity (Wildman–Crippen MR) is 222 cm³/mol. The summed E-state index contributed by atoms with van der Waals surface area (Å²) >= 11 is 0. The van der Waals surface area contributed by atoms with Crippen LogP contribution >= 0.6 is 0 Å². The number of aromatic nitrogens is 1. The van der Waals surface area contributed by atoms with Crippen LogP contribution in [0, 0.1) is 5.41 Å². The van der Waals surface area contributed by atoms with Gasteiger partial charge in [-0.05, 0) is 108 Å². The van der Waals surface area contributed by atoms with Gasteiger partial charge in [0.25, 0.3) is 5.91 Å². The molecule has 0 aliphatic heterocycles. The number of ether oxygens (including phenoxy) is 1. The van der Waals surface area contributed by atoms with Crippen LogP contribution in [0.1, 0.15) is 151 Å². The Morgan fingerprint density at radius 3 is 2.11 bits per heavy atom. The third-order valence-electron chi connectivity index (χ3n) is 11.1. The van der Waals surface area contributed by atoms with Gasteiger partial charge < -0.3 is 31.8 Å². The minimum atomic E-state index is -1.00. The standard InChI is InChI=1S/C45H67N5O4/c1-28-15-12-16-29-17-18-30(23-32(28)29)39(51)50-36(40(52)48-27-45(19-13-21-46,20-14-22-47)41(53)54-11)26-33-37-34(43(5,6)7)24-31(42(2,3)4)25-35(37)49-38(33)44(8,9)10/h12,16-18,23-25,28,36,49H,13-15,19-22,26-27,46-47H2,1-11H3,(H,48,52)(H,50,51). The summed E-state index contributed by atoms with van der Waals surface area (Å²) in [6.07, 6.45) is 7.45. The van der Waals surface area contributed by atoms with Crippen molar-refractivity contribution in [3.8, 4) is 0 Å². The second kappa shape index (κ2) is 16.8. The number of nitrogens with two attached hydrogens (primary N) is 2. The van der Waals surface area contributed by atoms with Crippen LogP contribution in [0.4, 0.5) is 0 Å². The maximum atomic E-state index is 14.6. The van der Waals surface area contributed by atoms with E-state index in [1.54, 1.807) is 0 Å². The van der Waals surface area contributed by atoms with Crippen molar-refractivity contribution in [3.63, 3.8) is 0 Å². The lowest BCUT2D eigenvalue weighted by atomic mass is 9.77. The van der Waals surface area contributed by atoms with Crippen LogP contribution in [0.5, 0.6) is 0 Å². The number of hydrogen-bond donors (Lipinski definition) is 5. The molecule has 0 radical (unpaired) electrons. The van der Waals surface area contributed by atoms with Crippen molar-refractivity contribution < 1.29 is 19.1 Å². The highest BCUT2D eigenvalue weighted by Gasteiger charge is 2.40. The van der Waals surface area contributed by atoms with E-state index in [9.17, 15) is 14.4 Å². The molecule has 2 aromatic carbocycles. The molecule has 1 aromatic heterocycles. The summed E-state index contributed by atoms with van der Waals surface area (Å²) in [6.45, 7) is 22.8. The number of benzene rings is 2. The second-order valence-electron chi connectivity index (χ2n) is 18.6. The third-order valence-corrected chi connectivity index (χ3v) is 11.1. The van der Waals surface area contributed by atoms with Crippen molar-refractivity contribution in [1.82, 2.24) is 15.6 Å². The highest BCUT2D eigenvalue weighted by atomic mass is 16.5. The number of hydrogen-bond acceptors (Lipinski definition) is 6. The van der Waals surface area contributed by atoms with E-state index >= 15 is 0 Å². The van der Waals surface area contributed by atoms with Crippen molar-refractivity contribution in [3.05, 3.63) is 75.5 Å². The zero-order chi connectivity index (χ0) is 40.2. The first-order chi connectivity index (χ1) is 25.2. The molecule has 2 atom stereocenters. The molecule has 9 heteroatoms. The molecule has 0 fully saturated rings. The SMILES string of the molecule is COC(=O)C(CCCN)(CCCN)CNC(=O)C(Cc1c(C(C)(C)C)[nH]c2cc(C(C)(C)C)cc(C(C)(C)C)c12)NC(=O)c1ccc2c(c1)C(C)CC=C2. The van der Waals surface area contributed by atoms with Crippen molar-refractivity contribution in [2.75, 3.05) is 26.7 Å². The zero-order valence-electron chi connectivity index (χ0n) is 34.8. The van der Waals surface area contributed by atoms with E-state index in [0.29, 0.717) is 44.3 Å². The number of fused-ring (bicyclic) bond motifs is 2. The molecule has 0 saturated carbocycles. The number of allylic oxidation sites excluding steroid dienone is 1. The van der Waals surface area contributed by atoms with Crippen LogP contribution in [-0.4, -0.2) is 55.6 Å². The van der Waals surface area contributed by atoms with Crippen LogP contribution in [0.3, 0.4) is 0 Å². The Labute approximate surface area is 323 Å². The van der Waals surface area contributed by atoms with Gasteiger partial charge in [0.2, 0.25) is 5.91 Å². The Kier molecular flexibility index (Phi) is 13.3. The summed E-state index contributed by atoms with van der Waals surface area (Å²) in [5, 5.41) is 7.34. The number of carbonyl (C=O) groups excluding carboxylic acids is 3. The summed E-state index contributed by atoms with van der Waals surface area (Å²) in [5.41, 5.74) is 18.4. The zero-order valence-corrected chi connectivity index (χ0v) is 34.8. The molecule has 0 saturated heterocycles. The Hall–Kier alpha value is -3.95. The molecule has 3 aromatic rings. The van der Waals surface area contributed by atoms with Gasteiger partial charge in [0.1, 0.15) is 6.04 Å². The lowest BCUT2D eigenvalue weighted by molar-refractivity contribution is -0.154. The number of carbonyl (C=O) groups is 3. The number of H-pyrrole nitrogens is 1. The Balaban J connectivity index is 1.87. The number of esters is 1. The van der Waals surface area contributed by atoms with Gasteiger partial charge in [-0.2, -0.15) is 0 Å². The lowest BCUT2D eigenvalue weighted by Crippen LogP contribution is -2.52. The summed E-state index contributed by atoms with van der Waals surface area (Å²) in [4.78, 5) is 46.0. The molecular weight excluding hydrogens is 675 g/mol. The van der Waals surface area contributed by atoms with Crippen LogP contribution in [-0.2, 0) is 37.0 Å². The van der Waals surface area contributed by atoms with Gasteiger partial charge in [-0.15, -0.1) is 0 Å². The van der Waals surface area contributed by atoms with E-state index in [0.717, 1.165) is 39.7 Å². The van der Waals surface area contributed by atoms with E-state index in [2.05, 4.69) is 109 Å². The van der Waals surface area contributed by atoms with Crippen molar-refractivity contribution in [1.29, 1.82) is 0 Å². The monoisotopic (exact) mass is 742 g/mol. The smallest absolute Gasteiger partial charge is 0.313 e. The van der Waals surface area contributed by atoms with Gasteiger partial charge >= 0.3 is 5.97 Å². The molecular formula is C45H67N5O4. The van der Waals surface area contributed by atoms with E-state index in [4.69, 9.17) is 16.2 Å². The summed E-state index contributed by atoms with van der Waals surface area (Å²) < 4.78 is 5.29. The van der Waals surface area contributed by atoms with Gasteiger partial charge in [-0.1, -0.05) is 93.5 Å². The normalized spacial score (nSPS) is 15.5. The topological polar surface area (TPSA) is 152 Å². The molecule has 4 rings (SSSR count). The van der Waals surface area contributed by atoms with Crippen molar-refractivity contribution in [2.24, 2.45) is 16.9 Å². The number of amides is 2. The predicted octanol–water partition coefficient (Wildman–Crippen LogP) is 7.68. The molecule has 9 nitrogen and oxygen atoms in total. The van der Waals surface area contributed by atoms with Crippen LogP contribution in [0.2, 0.25) is 0 Å². The minimum absolute atomic E-state index is 0.0375. The first-order valence-electron chi connectivity index (χ1n) is 19.7. The number of nitrogens with one attached hydrogen (secondary N) is 3. The molecule has 1 aliphatic carbocycles.